The Bertz CT molecular complexity index is 210. The van der Waals surface area contributed by atoms with Gasteiger partial charge >= 0.3 is 0 Å². The van der Waals surface area contributed by atoms with Crippen LogP contribution in [-0.4, -0.2) is 42.1 Å². The van der Waals surface area contributed by atoms with Crippen molar-refractivity contribution < 1.29 is 9.53 Å². The Labute approximate surface area is 96.8 Å². The molecule has 0 atom stereocenters. The highest BCUT2D eigenvalue weighted by atomic mass is 32.1. The molecule has 0 aromatic heterocycles. The number of rotatable bonds is 8. The zero-order valence-electron chi connectivity index (χ0n) is 9.49. The molecule has 15 heavy (non-hydrogen) atoms. The summed E-state index contributed by atoms with van der Waals surface area (Å²) in [6.07, 6.45) is 1.25. The molecular formula is C10H20N2O2S. The fraction of sp³-hybridized carbons (Fsp3) is 0.800. The lowest BCUT2D eigenvalue weighted by Crippen LogP contribution is -2.37. The van der Waals surface area contributed by atoms with Crippen molar-refractivity contribution in [2.45, 2.75) is 26.7 Å². The van der Waals surface area contributed by atoms with Crippen LogP contribution < -0.4 is 5.73 Å². The van der Waals surface area contributed by atoms with Crippen molar-refractivity contribution >= 4 is 23.1 Å². The molecule has 0 saturated carbocycles. The average Bonchev–Trinajstić information content (AvgIpc) is 2.20. The maximum absolute atomic E-state index is 11.6. The summed E-state index contributed by atoms with van der Waals surface area (Å²) in [6.45, 7) is 6.20. The van der Waals surface area contributed by atoms with Crippen molar-refractivity contribution in [2.75, 3.05) is 26.3 Å². The normalized spacial score (nSPS) is 10.0. The molecule has 4 nitrogen and oxygen atoms in total. The highest BCUT2D eigenvalue weighted by Crippen LogP contribution is 1.98. The number of thiocarbonyl (C=S) groups is 1. The molecule has 0 saturated heterocycles. The van der Waals surface area contributed by atoms with Crippen LogP contribution in [0.2, 0.25) is 0 Å². The SMILES string of the molecule is CCOCCCC(=O)N(CC)CC(N)=S. The molecule has 0 heterocycles. The molecule has 0 radical (unpaired) electrons. The minimum Gasteiger partial charge on any atom is -0.392 e. The summed E-state index contributed by atoms with van der Waals surface area (Å²) in [5, 5.41) is 0. The molecule has 0 unspecified atom stereocenters. The first-order valence-corrected chi connectivity index (χ1v) is 5.66. The predicted molar refractivity (Wildman–Crippen MR) is 64.8 cm³/mol. The first kappa shape index (κ1) is 14.3. The lowest BCUT2D eigenvalue weighted by molar-refractivity contribution is -0.130. The summed E-state index contributed by atoms with van der Waals surface area (Å²) in [5.74, 6) is 0.0880. The smallest absolute Gasteiger partial charge is 0.223 e. The van der Waals surface area contributed by atoms with Gasteiger partial charge < -0.3 is 15.4 Å². The average molecular weight is 232 g/mol. The first-order valence-electron chi connectivity index (χ1n) is 5.25. The number of hydrogen-bond acceptors (Lipinski definition) is 3. The van der Waals surface area contributed by atoms with Gasteiger partial charge in [0.25, 0.3) is 0 Å². The van der Waals surface area contributed by atoms with Crippen molar-refractivity contribution in [3.63, 3.8) is 0 Å². The van der Waals surface area contributed by atoms with E-state index in [1.165, 1.54) is 0 Å². The maximum atomic E-state index is 11.6. The summed E-state index contributed by atoms with van der Waals surface area (Å²) < 4.78 is 5.16. The van der Waals surface area contributed by atoms with E-state index in [0.717, 1.165) is 6.42 Å². The summed E-state index contributed by atoms with van der Waals surface area (Å²) in [6, 6.07) is 0. The molecule has 0 bridgehead atoms. The number of carbonyl (C=O) groups excluding carboxylic acids is 1. The Kier molecular flexibility index (Phi) is 8.22. The Morgan fingerprint density at radius 1 is 1.47 bits per heavy atom. The van der Waals surface area contributed by atoms with Crippen molar-refractivity contribution in [3.8, 4) is 0 Å². The van der Waals surface area contributed by atoms with Crippen LogP contribution in [0.25, 0.3) is 0 Å². The van der Waals surface area contributed by atoms with Crippen LogP contribution in [0.5, 0.6) is 0 Å². The first-order chi connectivity index (χ1) is 7.11. The Morgan fingerprint density at radius 3 is 2.60 bits per heavy atom. The lowest BCUT2D eigenvalue weighted by atomic mass is 10.3. The number of carbonyl (C=O) groups is 1. The largest absolute Gasteiger partial charge is 0.392 e. The highest BCUT2D eigenvalue weighted by molar-refractivity contribution is 7.80. The van der Waals surface area contributed by atoms with Crippen LogP contribution in [-0.2, 0) is 9.53 Å². The molecule has 0 aliphatic carbocycles. The standard InChI is InChI=1S/C10H20N2O2S/c1-3-12(8-9(11)15)10(13)6-5-7-14-4-2/h3-8H2,1-2H3,(H2,11,15). The second-order valence-electron chi connectivity index (χ2n) is 3.17. The van der Waals surface area contributed by atoms with Gasteiger partial charge in [0.1, 0.15) is 0 Å². The molecular weight excluding hydrogens is 212 g/mol. The topological polar surface area (TPSA) is 55.6 Å². The van der Waals surface area contributed by atoms with Crippen molar-refractivity contribution in [1.29, 1.82) is 0 Å². The summed E-state index contributed by atoms with van der Waals surface area (Å²) in [7, 11) is 0. The number of ether oxygens (including phenoxy) is 1. The molecule has 5 heteroatoms. The molecule has 0 aromatic rings. The van der Waals surface area contributed by atoms with Gasteiger partial charge in [-0.05, 0) is 20.3 Å². The third-order valence-corrected chi connectivity index (χ3v) is 2.09. The van der Waals surface area contributed by atoms with Crippen LogP contribution in [0.15, 0.2) is 0 Å². The van der Waals surface area contributed by atoms with E-state index >= 15 is 0 Å². The van der Waals surface area contributed by atoms with Crippen LogP contribution in [0, 0.1) is 0 Å². The summed E-state index contributed by atoms with van der Waals surface area (Å²) in [4.78, 5) is 13.6. The van der Waals surface area contributed by atoms with Gasteiger partial charge in [-0.15, -0.1) is 0 Å². The van der Waals surface area contributed by atoms with E-state index in [1.54, 1.807) is 4.90 Å². The van der Waals surface area contributed by atoms with Gasteiger partial charge in [0, 0.05) is 26.2 Å². The number of likely N-dealkylation sites (N-methyl/N-ethyl adjacent to an activating group) is 1. The maximum Gasteiger partial charge on any atom is 0.223 e. The Hall–Kier alpha value is -0.680. The van der Waals surface area contributed by atoms with E-state index in [4.69, 9.17) is 22.7 Å². The van der Waals surface area contributed by atoms with Gasteiger partial charge in [-0.2, -0.15) is 0 Å². The quantitative estimate of drug-likeness (QED) is 0.500. The third-order valence-electron chi connectivity index (χ3n) is 1.96. The van der Waals surface area contributed by atoms with Crippen molar-refractivity contribution in [1.82, 2.24) is 4.90 Å². The van der Waals surface area contributed by atoms with Crippen molar-refractivity contribution in [2.24, 2.45) is 5.73 Å². The highest BCUT2D eigenvalue weighted by Gasteiger charge is 2.11. The number of nitrogens with two attached hydrogens (primary N) is 1. The zero-order valence-corrected chi connectivity index (χ0v) is 10.3. The fourth-order valence-electron chi connectivity index (χ4n) is 1.19. The molecule has 0 aliphatic heterocycles. The van der Waals surface area contributed by atoms with Crippen LogP contribution in [0.1, 0.15) is 26.7 Å². The van der Waals surface area contributed by atoms with Gasteiger partial charge in [-0.1, -0.05) is 12.2 Å². The fourth-order valence-corrected chi connectivity index (χ4v) is 1.35. The van der Waals surface area contributed by atoms with Crippen molar-refractivity contribution in [3.05, 3.63) is 0 Å². The van der Waals surface area contributed by atoms with E-state index < -0.39 is 0 Å². The van der Waals surface area contributed by atoms with Gasteiger partial charge in [-0.3, -0.25) is 4.79 Å². The number of hydrogen-bond donors (Lipinski definition) is 1. The van der Waals surface area contributed by atoms with Crippen LogP contribution in [0.4, 0.5) is 0 Å². The molecule has 2 N–H and O–H groups in total. The van der Waals surface area contributed by atoms with E-state index in [0.29, 0.717) is 37.7 Å². The molecule has 0 rings (SSSR count). The van der Waals surface area contributed by atoms with Crippen LogP contribution >= 0.6 is 12.2 Å². The van der Waals surface area contributed by atoms with Crippen LogP contribution in [0.3, 0.4) is 0 Å². The minimum absolute atomic E-state index is 0.0880. The predicted octanol–water partition coefficient (Wildman–Crippen LogP) is 0.938. The molecule has 0 fully saturated rings. The minimum atomic E-state index is 0.0880. The number of nitrogens with zero attached hydrogens (tertiary/aromatic N) is 1. The molecule has 1 amide bonds. The Morgan fingerprint density at radius 2 is 2.13 bits per heavy atom. The van der Waals surface area contributed by atoms with Gasteiger partial charge in [-0.25, -0.2) is 0 Å². The monoisotopic (exact) mass is 232 g/mol. The second kappa shape index (κ2) is 8.61. The Balaban J connectivity index is 3.78. The summed E-state index contributed by atoms with van der Waals surface area (Å²) >= 11 is 4.77. The van der Waals surface area contributed by atoms with Gasteiger partial charge in [0.05, 0.1) is 11.5 Å². The summed E-state index contributed by atoms with van der Waals surface area (Å²) in [5.41, 5.74) is 5.40. The number of amides is 1. The zero-order chi connectivity index (χ0) is 11.7. The molecule has 88 valence electrons. The van der Waals surface area contributed by atoms with E-state index in [1.807, 2.05) is 13.8 Å². The lowest BCUT2D eigenvalue weighted by Gasteiger charge is -2.19. The third kappa shape index (κ3) is 7.27. The molecule has 0 aromatic carbocycles. The second-order valence-corrected chi connectivity index (χ2v) is 3.70. The van der Waals surface area contributed by atoms with Gasteiger partial charge in [0.2, 0.25) is 5.91 Å². The van der Waals surface area contributed by atoms with E-state index in [-0.39, 0.29) is 5.91 Å². The van der Waals surface area contributed by atoms with E-state index in [2.05, 4.69) is 0 Å². The van der Waals surface area contributed by atoms with Gasteiger partial charge in [0.15, 0.2) is 0 Å². The van der Waals surface area contributed by atoms with E-state index in [9.17, 15) is 4.79 Å². The molecule has 0 aliphatic rings. The molecule has 0 spiro atoms.